The summed E-state index contributed by atoms with van der Waals surface area (Å²) in [4.78, 5) is 18.6. The third kappa shape index (κ3) is 5.34. The van der Waals surface area contributed by atoms with Gasteiger partial charge in [0.1, 0.15) is 23.7 Å². The molecule has 0 radical (unpaired) electrons. The van der Waals surface area contributed by atoms with E-state index in [9.17, 15) is 4.79 Å². The van der Waals surface area contributed by atoms with E-state index < -0.39 is 0 Å². The molecule has 7 aromatic rings. The fourth-order valence-corrected chi connectivity index (χ4v) is 5.81. The number of furan rings is 1. The molecule has 0 saturated heterocycles. The maximum Gasteiger partial charge on any atom is 0.282 e. The quantitative estimate of drug-likeness (QED) is 0.163. The van der Waals surface area contributed by atoms with Crippen molar-refractivity contribution < 1.29 is 13.9 Å². The Hall–Kier alpha value is -5.89. The van der Waals surface area contributed by atoms with Crippen molar-refractivity contribution in [2.24, 2.45) is 5.10 Å². The second-order valence-electron chi connectivity index (χ2n) is 11.2. The van der Waals surface area contributed by atoms with Crippen molar-refractivity contribution in [3.05, 3.63) is 142 Å². The van der Waals surface area contributed by atoms with Gasteiger partial charge in [0.15, 0.2) is 5.76 Å². The molecule has 0 amide bonds. The molecule has 8 nitrogen and oxygen atoms in total. The largest absolute Gasteiger partial charge is 0.496 e. The first-order valence-electron chi connectivity index (χ1n) is 15.0. The van der Waals surface area contributed by atoms with E-state index >= 15 is 0 Å². The van der Waals surface area contributed by atoms with Gasteiger partial charge in [-0.05, 0) is 87.0 Å². The zero-order chi connectivity index (χ0) is 31.8. The Morgan fingerprint density at radius 2 is 1.67 bits per heavy atom. The van der Waals surface area contributed by atoms with Crippen LogP contribution >= 0.6 is 0 Å². The van der Waals surface area contributed by atoms with Crippen molar-refractivity contribution in [3.8, 4) is 28.8 Å². The van der Waals surface area contributed by atoms with Crippen molar-refractivity contribution in [2.75, 3.05) is 7.11 Å². The first-order valence-corrected chi connectivity index (χ1v) is 15.0. The molecule has 0 bridgehead atoms. The van der Waals surface area contributed by atoms with E-state index in [1.807, 2.05) is 92.7 Å². The maximum atomic E-state index is 13.8. The number of methoxy groups -OCH3 is 1. The van der Waals surface area contributed by atoms with Gasteiger partial charge in [-0.25, -0.2) is 4.98 Å². The fourth-order valence-electron chi connectivity index (χ4n) is 5.81. The lowest BCUT2D eigenvalue weighted by atomic mass is 10.1. The molecule has 7 rings (SSSR count). The molecule has 0 spiro atoms. The zero-order valence-electron chi connectivity index (χ0n) is 26.0. The molecular weight excluding hydrogens is 576 g/mol. The highest BCUT2D eigenvalue weighted by Crippen LogP contribution is 2.33. The van der Waals surface area contributed by atoms with Crippen LogP contribution in [0.5, 0.6) is 11.5 Å². The lowest BCUT2D eigenvalue weighted by Gasteiger charge is -2.12. The molecule has 0 fully saturated rings. The first kappa shape index (κ1) is 28.9. The second kappa shape index (κ2) is 11.9. The predicted molar refractivity (Wildman–Crippen MR) is 182 cm³/mol. The van der Waals surface area contributed by atoms with Crippen LogP contribution in [-0.2, 0) is 6.61 Å². The monoisotopic (exact) mass is 608 g/mol. The topological polar surface area (TPSA) is 83.8 Å². The van der Waals surface area contributed by atoms with Gasteiger partial charge >= 0.3 is 0 Å². The van der Waals surface area contributed by atoms with E-state index in [4.69, 9.17) is 18.9 Å². The maximum absolute atomic E-state index is 13.8. The minimum absolute atomic E-state index is 0.292. The SMILES string of the molecule is COc1cccc2oc(-c3nc4ccccc4c(=O)n3N=Cc3cc(C)n(-c4ccc(OCc5cccc(C)c5)cc4)c3C)cc12. The number of aryl methyl sites for hydroxylation is 2. The van der Waals surface area contributed by atoms with Crippen LogP contribution in [0.3, 0.4) is 0 Å². The van der Waals surface area contributed by atoms with E-state index in [2.05, 4.69) is 34.8 Å². The summed E-state index contributed by atoms with van der Waals surface area (Å²) in [6.07, 6.45) is 1.70. The number of hydrogen-bond donors (Lipinski definition) is 0. The van der Waals surface area contributed by atoms with Gasteiger partial charge in [-0.1, -0.05) is 48.0 Å². The molecule has 0 unspecified atom stereocenters. The van der Waals surface area contributed by atoms with Gasteiger partial charge in [0.25, 0.3) is 5.56 Å². The Morgan fingerprint density at radius 1 is 0.870 bits per heavy atom. The number of aromatic nitrogens is 3. The van der Waals surface area contributed by atoms with Gasteiger partial charge in [0.05, 0.1) is 29.6 Å². The molecule has 0 N–H and O–H groups in total. The van der Waals surface area contributed by atoms with Crippen molar-refractivity contribution in [2.45, 2.75) is 27.4 Å². The summed E-state index contributed by atoms with van der Waals surface area (Å²) < 4.78 is 21.2. The van der Waals surface area contributed by atoms with Gasteiger partial charge in [-0.15, -0.1) is 0 Å². The van der Waals surface area contributed by atoms with Crippen LogP contribution in [0.2, 0.25) is 0 Å². The normalized spacial score (nSPS) is 11.6. The summed E-state index contributed by atoms with van der Waals surface area (Å²) in [6.45, 7) is 6.66. The molecular formula is C38H32N4O4. The lowest BCUT2D eigenvalue weighted by molar-refractivity contribution is 0.306. The number of nitrogens with zero attached hydrogens (tertiary/aromatic N) is 4. The van der Waals surface area contributed by atoms with E-state index in [-0.39, 0.29) is 5.56 Å². The number of fused-ring (bicyclic) bond motifs is 2. The van der Waals surface area contributed by atoms with Gasteiger partial charge < -0.3 is 18.5 Å². The fraction of sp³-hybridized carbons (Fsp3) is 0.132. The molecule has 0 aliphatic rings. The van der Waals surface area contributed by atoms with Gasteiger partial charge in [0, 0.05) is 22.6 Å². The summed E-state index contributed by atoms with van der Waals surface area (Å²) in [5.41, 5.74) is 7.12. The minimum Gasteiger partial charge on any atom is -0.496 e. The Kier molecular flexibility index (Phi) is 7.46. The lowest BCUT2D eigenvalue weighted by Crippen LogP contribution is -2.20. The summed E-state index contributed by atoms with van der Waals surface area (Å²) in [6, 6.07) is 33.0. The highest BCUT2D eigenvalue weighted by molar-refractivity contribution is 5.89. The molecule has 228 valence electrons. The molecule has 0 aliphatic carbocycles. The van der Waals surface area contributed by atoms with Crippen LogP contribution in [0.15, 0.2) is 117 Å². The summed E-state index contributed by atoms with van der Waals surface area (Å²) in [5.74, 6) is 2.18. The Bertz CT molecular complexity index is 2310. The Morgan fingerprint density at radius 3 is 2.48 bits per heavy atom. The second-order valence-corrected chi connectivity index (χ2v) is 11.2. The van der Waals surface area contributed by atoms with Crippen molar-refractivity contribution >= 4 is 28.1 Å². The van der Waals surface area contributed by atoms with Gasteiger partial charge in [0.2, 0.25) is 5.82 Å². The Labute approximate surface area is 265 Å². The molecule has 0 aliphatic heterocycles. The van der Waals surface area contributed by atoms with E-state index in [1.165, 1.54) is 10.2 Å². The summed E-state index contributed by atoms with van der Waals surface area (Å²) >= 11 is 0. The van der Waals surface area contributed by atoms with Crippen LogP contribution in [0.4, 0.5) is 0 Å². The summed E-state index contributed by atoms with van der Waals surface area (Å²) in [5, 5.41) is 5.94. The molecule has 3 heterocycles. The van der Waals surface area contributed by atoms with Crippen LogP contribution in [0.1, 0.15) is 28.1 Å². The van der Waals surface area contributed by atoms with E-state index in [0.717, 1.165) is 39.3 Å². The average molecular weight is 609 g/mol. The third-order valence-electron chi connectivity index (χ3n) is 8.08. The van der Waals surface area contributed by atoms with E-state index in [1.54, 1.807) is 19.4 Å². The molecule has 0 saturated carbocycles. The number of hydrogen-bond acceptors (Lipinski definition) is 6. The number of ether oxygens (including phenoxy) is 2. The van der Waals surface area contributed by atoms with Gasteiger partial charge in [-0.3, -0.25) is 4.79 Å². The van der Waals surface area contributed by atoms with Crippen LogP contribution < -0.4 is 15.0 Å². The summed E-state index contributed by atoms with van der Waals surface area (Å²) in [7, 11) is 1.61. The van der Waals surface area contributed by atoms with Crippen LogP contribution in [-0.4, -0.2) is 27.6 Å². The smallest absolute Gasteiger partial charge is 0.282 e. The molecule has 3 aromatic heterocycles. The molecule has 4 aromatic carbocycles. The minimum atomic E-state index is -0.292. The number of rotatable bonds is 8. The predicted octanol–water partition coefficient (Wildman–Crippen LogP) is 8.00. The molecule has 46 heavy (non-hydrogen) atoms. The van der Waals surface area contributed by atoms with Crippen molar-refractivity contribution in [3.63, 3.8) is 0 Å². The Balaban J connectivity index is 1.23. The van der Waals surface area contributed by atoms with Crippen molar-refractivity contribution in [1.29, 1.82) is 0 Å². The van der Waals surface area contributed by atoms with Crippen LogP contribution in [0.25, 0.3) is 39.1 Å². The average Bonchev–Trinajstić information content (AvgIpc) is 3.63. The zero-order valence-corrected chi connectivity index (χ0v) is 26.0. The standard InChI is InChI=1S/C38H32N4O4/c1-24-9-7-10-27(19-24)23-45-30-17-15-29(16-18-30)41-25(2)20-28(26(41)3)22-39-42-37(40-33-12-6-5-11-31(33)38(42)43)36-21-32-34(44-4)13-8-14-35(32)46-36/h5-22H,23H2,1-4H3. The first-order chi connectivity index (χ1) is 22.4. The van der Waals surface area contributed by atoms with E-state index in [0.29, 0.717) is 40.4 Å². The number of benzene rings is 4. The highest BCUT2D eigenvalue weighted by Gasteiger charge is 2.18. The highest BCUT2D eigenvalue weighted by atomic mass is 16.5. The third-order valence-corrected chi connectivity index (χ3v) is 8.08. The van der Waals surface area contributed by atoms with Gasteiger partial charge in [-0.2, -0.15) is 9.78 Å². The molecule has 8 heteroatoms. The van der Waals surface area contributed by atoms with Crippen molar-refractivity contribution in [1.82, 2.24) is 14.2 Å². The number of para-hydroxylation sites is 1. The molecule has 0 atom stereocenters. The van der Waals surface area contributed by atoms with Crippen LogP contribution in [0, 0.1) is 20.8 Å².